The van der Waals surface area contributed by atoms with Crippen molar-refractivity contribution in [1.82, 2.24) is 0 Å². The molecule has 0 bridgehead atoms. The number of nitrogen functional groups attached to an aromatic ring is 1. The van der Waals surface area contributed by atoms with Gasteiger partial charge < -0.3 is 10.5 Å². The molecule has 0 heterocycles. The first-order valence-corrected chi connectivity index (χ1v) is 4.65. The Morgan fingerprint density at radius 1 is 1.33 bits per heavy atom. The van der Waals surface area contributed by atoms with Crippen molar-refractivity contribution in [1.29, 1.82) is 0 Å². The van der Waals surface area contributed by atoms with Crippen LogP contribution in [0.5, 0.6) is 5.75 Å². The van der Waals surface area contributed by atoms with Gasteiger partial charge in [-0.15, -0.1) is 24.8 Å². The number of ether oxygens (including phenoxy) is 1. The van der Waals surface area contributed by atoms with Gasteiger partial charge in [-0.1, -0.05) is 17.7 Å². The molecule has 0 spiro atoms. The van der Waals surface area contributed by atoms with Gasteiger partial charge in [0.2, 0.25) is 0 Å². The Labute approximate surface area is 93.7 Å². The number of hydrogen-bond donors (Lipinski definition) is 1. The van der Waals surface area contributed by atoms with Crippen LogP contribution in [0, 0.1) is 0 Å². The Morgan fingerprint density at radius 3 is 2.40 bits per heavy atom. The molecule has 0 aromatic heterocycles. The first kappa shape index (κ1) is 12.3. The van der Waals surface area contributed by atoms with E-state index in [2.05, 4.69) is 4.74 Å². The molecule has 2 nitrogen and oxygen atoms in total. The summed E-state index contributed by atoms with van der Waals surface area (Å²) in [5.74, 6) is -0.690. The van der Waals surface area contributed by atoms with Crippen LogP contribution in [0.4, 0.5) is 18.9 Å². The molecule has 1 rings (SSSR count). The van der Waals surface area contributed by atoms with Crippen LogP contribution in [-0.2, 0) is 5.88 Å². The maximum absolute atomic E-state index is 12.0. The molecule has 0 amide bonds. The fourth-order valence-electron chi connectivity index (χ4n) is 0.943. The van der Waals surface area contributed by atoms with E-state index in [1.165, 1.54) is 12.1 Å². The predicted octanol–water partition coefficient (Wildman–Crippen LogP) is 3.56. The van der Waals surface area contributed by atoms with E-state index in [0.717, 1.165) is 0 Å². The monoisotopic (exact) mass is 259 g/mol. The average molecular weight is 260 g/mol. The molecule has 0 aliphatic carbocycles. The molecular formula is C8H6Cl2F3NO. The summed E-state index contributed by atoms with van der Waals surface area (Å²) in [6.45, 7) is 0. The summed E-state index contributed by atoms with van der Waals surface area (Å²) in [4.78, 5) is 0. The first-order valence-electron chi connectivity index (χ1n) is 3.73. The van der Waals surface area contributed by atoms with Crippen molar-refractivity contribution in [2.45, 2.75) is 12.2 Å². The average Bonchev–Trinajstić information content (AvgIpc) is 2.11. The molecule has 2 N–H and O–H groups in total. The highest BCUT2D eigenvalue weighted by molar-refractivity contribution is 6.34. The Bertz CT molecular complexity index is 368. The summed E-state index contributed by atoms with van der Waals surface area (Å²) in [7, 11) is 0. The predicted molar refractivity (Wildman–Crippen MR) is 52.1 cm³/mol. The Balaban J connectivity index is 3.18. The molecule has 1 aromatic rings. The lowest BCUT2D eigenvalue weighted by Crippen LogP contribution is -2.18. The molecule has 84 valence electrons. The number of nitrogens with two attached hydrogens (primary N) is 1. The summed E-state index contributed by atoms with van der Waals surface area (Å²) in [6, 6.07) is 2.69. The second-order valence-corrected chi connectivity index (χ2v) is 3.28. The molecule has 0 radical (unpaired) electrons. The SMILES string of the molecule is Nc1ccc(CCl)c(OC(F)(F)F)c1Cl. The minimum Gasteiger partial charge on any atom is -0.404 e. The zero-order valence-electron chi connectivity index (χ0n) is 7.24. The van der Waals surface area contributed by atoms with Gasteiger partial charge in [0.05, 0.1) is 11.6 Å². The molecule has 1 aromatic carbocycles. The van der Waals surface area contributed by atoms with Gasteiger partial charge in [0, 0.05) is 5.56 Å². The quantitative estimate of drug-likeness (QED) is 0.651. The highest BCUT2D eigenvalue weighted by Crippen LogP contribution is 2.37. The van der Waals surface area contributed by atoms with Gasteiger partial charge >= 0.3 is 6.36 Å². The number of rotatable bonds is 2. The van der Waals surface area contributed by atoms with Gasteiger partial charge in [-0.3, -0.25) is 0 Å². The highest BCUT2D eigenvalue weighted by atomic mass is 35.5. The Hall–Kier alpha value is -0.810. The maximum atomic E-state index is 12.0. The summed E-state index contributed by atoms with van der Waals surface area (Å²) in [6.07, 6.45) is -4.82. The van der Waals surface area contributed by atoms with Gasteiger partial charge in [0.1, 0.15) is 5.02 Å². The van der Waals surface area contributed by atoms with Crippen LogP contribution < -0.4 is 10.5 Å². The number of benzene rings is 1. The summed E-state index contributed by atoms with van der Waals surface area (Å²) < 4.78 is 39.8. The van der Waals surface area contributed by atoms with Crippen molar-refractivity contribution in [2.75, 3.05) is 5.73 Å². The molecule has 0 aliphatic rings. The second kappa shape index (κ2) is 4.37. The molecular weight excluding hydrogens is 254 g/mol. The fourth-order valence-corrected chi connectivity index (χ4v) is 1.38. The highest BCUT2D eigenvalue weighted by Gasteiger charge is 2.33. The van der Waals surface area contributed by atoms with Crippen LogP contribution in [-0.4, -0.2) is 6.36 Å². The minimum absolute atomic E-state index is 0.00443. The van der Waals surface area contributed by atoms with Gasteiger partial charge in [0.15, 0.2) is 5.75 Å². The molecule has 15 heavy (non-hydrogen) atoms. The number of anilines is 1. The number of hydrogen-bond acceptors (Lipinski definition) is 2. The smallest absolute Gasteiger partial charge is 0.404 e. The molecule has 0 saturated heterocycles. The van der Waals surface area contributed by atoms with Crippen molar-refractivity contribution < 1.29 is 17.9 Å². The zero-order chi connectivity index (χ0) is 11.6. The largest absolute Gasteiger partial charge is 0.573 e. The van der Waals surface area contributed by atoms with Crippen LogP contribution in [0.2, 0.25) is 5.02 Å². The van der Waals surface area contributed by atoms with E-state index in [4.69, 9.17) is 28.9 Å². The molecule has 0 unspecified atom stereocenters. The van der Waals surface area contributed by atoms with Crippen molar-refractivity contribution in [3.05, 3.63) is 22.7 Å². The standard InChI is InChI=1S/C8H6Cl2F3NO/c9-3-4-1-2-5(14)6(10)7(4)15-8(11,12)13/h1-2H,3,14H2. The van der Waals surface area contributed by atoms with Crippen LogP contribution in [0.3, 0.4) is 0 Å². The third kappa shape index (κ3) is 3.07. The Kier molecular flexibility index (Phi) is 3.57. The van der Waals surface area contributed by atoms with E-state index in [-0.39, 0.29) is 22.2 Å². The summed E-state index contributed by atoms with van der Waals surface area (Å²) >= 11 is 11.0. The van der Waals surface area contributed by atoms with E-state index >= 15 is 0 Å². The third-order valence-corrected chi connectivity index (χ3v) is 2.25. The molecule has 7 heteroatoms. The van der Waals surface area contributed by atoms with Crippen molar-refractivity contribution in [3.63, 3.8) is 0 Å². The van der Waals surface area contributed by atoms with Gasteiger partial charge in [-0.25, -0.2) is 0 Å². The lowest BCUT2D eigenvalue weighted by molar-refractivity contribution is -0.274. The number of alkyl halides is 4. The van der Waals surface area contributed by atoms with Gasteiger partial charge in [-0.05, 0) is 6.07 Å². The fraction of sp³-hybridized carbons (Fsp3) is 0.250. The van der Waals surface area contributed by atoms with Crippen molar-refractivity contribution in [2.24, 2.45) is 0 Å². The van der Waals surface area contributed by atoms with E-state index in [0.29, 0.717) is 0 Å². The van der Waals surface area contributed by atoms with E-state index in [1.807, 2.05) is 0 Å². The molecule has 0 fully saturated rings. The molecule has 0 atom stereocenters. The topological polar surface area (TPSA) is 35.2 Å². The van der Waals surface area contributed by atoms with Crippen LogP contribution in [0.1, 0.15) is 5.56 Å². The van der Waals surface area contributed by atoms with Gasteiger partial charge in [0.25, 0.3) is 0 Å². The van der Waals surface area contributed by atoms with E-state index < -0.39 is 12.1 Å². The van der Waals surface area contributed by atoms with Crippen molar-refractivity contribution in [3.8, 4) is 5.75 Å². The third-order valence-electron chi connectivity index (χ3n) is 1.57. The lowest BCUT2D eigenvalue weighted by atomic mass is 10.2. The van der Waals surface area contributed by atoms with Crippen LogP contribution in [0.15, 0.2) is 12.1 Å². The second-order valence-electron chi connectivity index (χ2n) is 2.64. The Morgan fingerprint density at radius 2 is 1.93 bits per heavy atom. The van der Waals surface area contributed by atoms with E-state index in [9.17, 15) is 13.2 Å². The maximum Gasteiger partial charge on any atom is 0.573 e. The van der Waals surface area contributed by atoms with E-state index in [1.54, 1.807) is 0 Å². The van der Waals surface area contributed by atoms with Crippen LogP contribution in [0.25, 0.3) is 0 Å². The normalized spacial score (nSPS) is 11.5. The number of halogens is 5. The summed E-state index contributed by atoms with van der Waals surface area (Å²) in [5, 5.41) is -0.287. The molecule has 0 aliphatic heterocycles. The molecule has 0 saturated carbocycles. The zero-order valence-corrected chi connectivity index (χ0v) is 8.75. The lowest BCUT2D eigenvalue weighted by Gasteiger charge is -2.14. The van der Waals surface area contributed by atoms with Crippen LogP contribution >= 0.6 is 23.2 Å². The van der Waals surface area contributed by atoms with Crippen molar-refractivity contribution >= 4 is 28.9 Å². The van der Waals surface area contributed by atoms with Gasteiger partial charge in [-0.2, -0.15) is 0 Å². The summed E-state index contributed by atoms with van der Waals surface area (Å²) in [5.41, 5.74) is 5.48. The minimum atomic E-state index is -4.82. The first-order chi connectivity index (χ1) is 6.85.